The second kappa shape index (κ2) is 11.9. The zero-order valence-corrected chi connectivity index (χ0v) is 19.9. The van der Waals surface area contributed by atoms with E-state index < -0.39 is 11.9 Å². The predicted molar refractivity (Wildman–Crippen MR) is 121 cm³/mol. The number of nitrogens with zero attached hydrogens (tertiary/aromatic N) is 3. The summed E-state index contributed by atoms with van der Waals surface area (Å²) < 4.78 is 37.9. The van der Waals surface area contributed by atoms with Gasteiger partial charge in [0.2, 0.25) is 0 Å². The first-order valence-electron chi connectivity index (χ1n) is 8.61. The summed E-state index contributed by atoms with van der Waals surface area (Å²) >= 11 is 2.64. The van der Waals surface area contributed by atoms with Gasteiger partial charge < -0.3 is 10.6 Å². The van der Waals surface area contributed by atoms with E-state index >= 15 is 0 Å². The Balaban J connectivity index is 0.00000392. The van der Waals surface area contributed by atoms with Gasteiger partial charge in [0.1, 0.15) is 5.01 Å². The van der Waals surface area contributed by atoms with Gasteiger partial charge in [0, 0.05) is 19.0 Å². The molecule has 0 aliphatic heterocycles. The minimum Gasteiger partial charge on any atom is -0.354 e. The number of likely N-dealkylation sites (N-methyl/N-ethyl adjacent to an activating group) is 1. The molecule has 0 fully saturated rings. The highest BCUT2D eigenvalue weighted by atomic mass is 127. The molecule has 11 heteroatoms. The number of aliphatic imine (C=N–C) groups is 1. The van der Waals surface area contributed by atoms with Crippen LogP contribution in [0.5, 0.6) is 0 Å². The number of alkyl halides is 3. The first-order chi connectivity index (χ1) is 12.9. The van der Waals surface area contributed by atoms with Gasteiger partial charge in [-0.25, -0.2) is 4.98 Å². The summed E-state index contributed by atoms with van der Waals surface area (Å²) in [4.78, 5) is 10.1. The van der Waals surface area contributed by atoms with Crippen LogP contribution in [-0.4, -0.2) is 42.5 Å². The van der Waals surface area contributed by atoms with E-state index in [9.17, 15) is 13.2 Å². The highest BCUT2D eigenvalue weighted by molar-refractivity contribution is 14.0. The fraction of sp³-hybridized carbons (Fsp3) is 0.529. The third-order valence-electron chi connectivity index (χ3n) is 4.12. The summed E-state index contributed by atoms with van der Waals surface area (Å²) in [7, 11) is 1.63. The summed E-state index contributed by atoms with van der Waals surface area (Å²) in [5, 5.41) is 11.9. The lowest BCUT2D eigenvalue weighted by atomic mass is 10.1. The first kappa shape index (κ1) is 25.1. The molecule has 0 aromatic carbocycles. The summed E-state index contributed by atoms with van der Waals surface area (Å²) in [5.74, 6) is 0.533. The van der Waals surface area contributed by atoms with E-state index in [-0.39, 0.29) is 36.6 Å². The van der Waals surface area contributed by atoms with Crippen molar-refractivity contribution < 1.29 is 13.2 Å². The Morgan fingerprint density at radius 2 is 1.96 bits per heavy atom. The van der Waals surface area contributed by atoms with Crippen molar-refractivity contribution in [3.63, 3.8) is 0 Å². The number of halogens is 4. The van der Waals surface area contributed by atoms with Crippen molar-refractivity contribution in [2.24, 2.45) is 4.99 Å². The molecule has 0 amide bonds. The lowest BCUT2D eigenvalue weighted by Gasteiger charge is -2.30. The summed E-state index contributed by atoms with van der Waals surface area (Å²) in [5.41, 5.74) is 0.382. The molecule has 2 aromatic heterocycles. The number of guanidine groups is 1. The maximum absolute atomic E-state index is 12.6. The third-order valence-corrected chi connectivity index (χ3v) is 5.67. The normalized spacial score (nSPS) is 13.3. The van der Waals surface area contributed by atoms with E-state index in [1.165, 1.54) is 5.56 Å². The maximum atomic E-state index is 12.6. The standard InChI is InChI=1S/C17H24F3N5S2.HI/c1-4-25(5-2)13(12-6-7-26-10-12)8-22-16(21-3)23-9-15-24-14(11-27-15)17(18,19)20;/h6-7,10-11,13H,4-5,8-9H2,1-3H3,(H2,21,22,23);1H. The zero-order valence-electron chi connectivity index (χ0n) is 15.9. The van der Waals surface area contributed by atoms with Crippen molar-refractivity contribution in [1.82, 2.24) is 20.5 Å². The number of nitrogens with one attached hydrogen (secondary N) is 2. The molecule has 0 radical (unpaired) electrons. The molecule has 0 aliphatic carbocycles. The van der Waals surface area contributed by atoms with Gasteiger partial charge in [0.25, 0.3) is 0 Å². The molecule has 2 aromatic rings. The van der Waals surface area contributed by atoms with E-state index in [0.29, 0.717) is 17.5 Å². The van der Waals surface area contributed by atoms with E-state index in [4.69, 9.17) is 0 Å². The topological polar surface area (TPSA) is 52.5 Å². The number of thiazole rings is 1. The van der Waals surface area contributed by atoms with Gasteiger partial charge in [-0.3, -0.25) is 9.89 Å². The Kier molecular flexibility index (Phi) is 10.7. The van der Waals surface area contributed by atoms with Gasteiger partial charge >= 0.3 is 6.18 Å². The number of rotatable bonds is 8. The van der Waals surface area contributed by atoms with Crippen molar-refractivity contribution in [3.8, 4) is 0 Å². The van der Waals surface area contributed by atoms with Crippen molar-refractivity contribution in [2.75, 3.05) is 26.7 Å². The number of hydrogen-bond acceptors (Lipinski definition) is 5. The number of hydrogen-bond donors (Lipinski definition) is 2. The molecular weight excluding hydrogens is 522 g/mol. The molecule has 2 heterocycles. The lowest BCUT2D eigenvalue weighted by molar-refractivity contribution is -0.140. The average Bonchev–Trinajstić information content (AvgIpc) is 3.32. The van der Waals surface area contributed by atoms with Gasteiger partial charge in [0.15, 0.2) is 11.7 Å². The highest BCUT2D eigenvalue weighted by Crippen LogP contribution is 2.29. The molecule has 0 aliphatic rings. The molecule has 0 saturated carbocycles. The Morgan fingerprint density at radius 1 is 1.25 bits per heavy atom. The van der Waals surface area contributed by atoms with Crippen LogP contribution in [0.3, 0.4) is 0 Å². The van der Waals surface area contributed by atoms with Crippen LogP contribution >= 0.6 is 46.7 Å². The fourth-order valence-corrected chi connectivity index (χ4v) is 4.13. The van der Waals surface area contributed by atoms with Crippen molar-refractivity contribution in [1.29, 1.82) is 0 Å². The molecule has 2 N–H and O–H groups in total. The average molecular weight is 547 g/mol. The number of thiophene rings is 1. The molecule has 1 unspecified atom stereocenters. The molecule has 158 valence electrons. The van der Waals surface area contributed by atoms with Crippen LogP contribution in [0.15, 0.2) is 27.2 Å². The third kappa shape index (κ3) is 7.16. The van der Waals surface area contributed by atoms with Crippen LogP contribution in [0.4, 0.5) is 13.2 Å². The molecule has 28 heavy (non-hydrogen) atoms. The van der Waals surface area contributed by atoms with Gasteiger partial charge in [-0.1, -0.05) is 13.8 Å². The van der Waals surface area contributed by atoms with Gasteiger partial charge in [0.05, 0.1) is 12.6 Å². The van der Waals surface area contributed by atoms with E-state index in [0.717, 1.165) is 29.8 Å². The van der Waals surface area contributed by atoms with Gasteiger partial charge in [-0.05, 0) is 35.5 Å². The van der Waals surface area contributed by atoms with E-state index in [1.54, 1.807) is 18.4 Å². The first-order valence-corrected chi connectivity index (χ1v) is 10.4. The molecule has 0 spiro atoms. The smallest absolute Gasteiger partial charge is 0.354 e. The van der Waals surface area contributed by atoms with Crippen molar-refractivity contribution >= 4 is 52.6 Å². The second-order valence-electron chi connectivity index (χ2n) is 5.72. The van der Waals surface area contributed by atoms with Crippen LogP contribution in [0, 0.1) is 0 Å². The summed E-state index contributed by atoms with van der Waals surface area (Å²) in [6.07, 6.45) is -4.41. The Hall–Kier alpha value is -0.920. The van der Waals surface area contributed by atoms with Crippen molar-refractivity contribution in [3.05, 3.63) is 38.5 Å². The van der Waals surface area contributed by atoms with Crippen molar-refractivity contribution in [2.45, 2.75) is 32.6 Å². The predicted octanol–water partition coefficient (Wildman–Crippen LogP) is 4.59. The monoisotopic (exact) mass is 547 g/mol. The Bertz CT molecular complexity index is 715. The second-order valence-corrected chi connectivity index (χ2v) is 7.45. The minimum absolute atomic E-state index is 0. The maximum Gasteiger partial charge on any atom is 0.434 e. The summed E-state index contributed by atoms with van der Waals surface area (Å²) in [6.45, 7) is 6.92. The van der Waals surface area contributed by atoms with E-state index in [2.05, 4.69) is 56.2 Å². The molecule has 0 bridgehead atoms. The van der Waals surface area contributed by atoms with Crippen LogP contribution in [0.1, 0.15) is 36.2 Å². The molecule has 1 atom stereocenters. The zero-order chi connectivity index (χ0) is 19.9. The van der Waals surface area contributed by atoms with E-state index in [1.807, 2.05) is 0 Å². The van der Waals surface area contributed by atoms with Crippen LogP contribution in [-0.2, 0) is 12.7 Å². The van der Waals surface area contributed by atoms with Crippen LogP contribution in [0.2, 0.25) is 0 Å². The SMILES string of the molecule is CCN(CC)C(CNC(=NC)NCc1nc(C(F)(F)F)cs1)c1ccsc1.I. The largest absolute Gasteiger partial charge is 0.434 e. The number of aromatic nitrogens is 1. The Morgan fingerprint density at radius 3 is 2.46 bits per heavy atom. The minimum atomic E-state index is -4.41. The van der Waals surface area contributed by atoms with Gasteiger partial charge in [-0.2, -0.15) is 24.5 Å². The van der Waals surface area contributed by atoms with Crippen LogP contribution < -0.4 is 10.6 Å². The molecule has 5 nitrogen and oxygen atoms in total. The quantitative estimate of drug-likeness (QED) is 0.289. The van der Waals surface area contributed by atoms with Gasteiger partial charge in [-0.15, -0.1) is 35.3 Å². The molecule has 2 rings (SSSR count). The summed E-state index contributed by atoms with van der Waals surface area (Å²) in [6, 6.07) is 2.31. The Labute approximate surface area is 188 Å². The fourth-order valence-electron chi connectivity index (χ4n) is 2.68. The van der Waals surface area contributed by atoms with Crippen LogP contribution in [0.25, 0.3) is 0 Å². The lowest BCUT2D eigenvalue weighted by Crippen LogP contribution is -2.42. The molecular formula is C17H25F3IN5S2. The highest BCUT2D eigenvalue weighted by Gasteiger charge is 2.33. The molecule has 0 saturated heterocycles.